The minimum Gasteiger partial charge on any atom is -0.495 e. The molecule has 0 radical (unpaired) electrons. The molecule has 0 bridgehead atoms. The first-order chi connectivity index (χ1) is 8.74. The van der Waals surface area contributed by atoms with Crippen LogP contribution in [0.25, 0.3) is 0 Å². The van der Waals surface area contributed by atoms with E-state index in [0.29, 0.717) is 11.4 Å². The first-order valence-electron chi connectivity index (χ1n) is 6.02. The van der Waals surface area contributed by atoms with Gasteiger partial charge in [0.05, 0.1) is 19.9 Å². The summed E-state index contributed by atoms with van der Waals surface area (Å²) >= 11 is 0. The molecule has 5 heteroatoms. The fraction of sp³-hybridized carbons (Fsp3) is 0.462. The van der Waals surface area contributed by atoms with Crippen molar-refractivity contribution in [3.63, 3.8) is 0 Å². The Morgan fingerprint density at radius 1 is 1.28 bits per heavy atom. The molecule has 1 aliphatic heterocycles. The summed E-state index contributed by atoms with van der Waals surface area (Å²) < 4.78 is 9.82. The number of hydrogen-bond donors (Lipinski definition) is 1. The molecule has 1 aliphatic rings. The van der Waals surface area contributed by atoms with Crippen LogP contribution in [0.3, 0.4) is 0 Å². The average molecular weight is 250 g/mol. The molecule has 98 valence electrons. The number of benzene rings is 1. The molecule has 1 aromatic rings. The smallest absolute Gasteiger partial charge is 0.411 e. The van der Waals surface area contributed by atoms with Gasteiger partial charge >= 0.3 is 6.09 Å². The Labute approximate surface area is 107 Å². The Morgan fingerprint density at radius 2 is 2.00 bits per heavy atom. The molecule has 0 saturated carbocycles. The monoisotopic (exact) mass is 250 g/mol. The molecule has 5 nitrogen and oxygen atoms in total. The number of nitrogens with zero attached hydrogens (tertiary/aromatic N) is 1. The van der Waals surface area contributed by atoms with Crippen molar-refractivity contribution >= 4 is 17.5 Å². The number of carbonyl (C=O) groups is 1. The van der Waals surface area contributed by atoms with Crippen molar-refractivity contribution in [2.75, 3.05) is 37.5 Å². The fourth-order valence-corrected chi connectivity index (χ4v) is 2.13. The van der Waals surface area contributed by atoms with E-state index in [4.69, 9.17) is 4.74 Å². The first-order valence-corrected chi connectivity index (χ1v) is 6.02. The molecule has 2 rings (SSSR count). The minimum absolute atomic E-state index is 0.494. The van der Waals surface area contributed by atoms with Crippen LogP contribution < -0.4 is 15.0 Å². The Kier molecular flexibility index (Phi) is 3.92. The topological polar surface area (TPSA) is 50.8 Å². The van der Waals surface area contributed by atoms with Crippen molar-refractivity contribution in [3.05, 3.63) is 18.2 Å². The second kappa shape index (κ2) is 5.62. The molecule has 0 atom stereocenters. The van der Waals surface area contributed by atoms with E-state index in [1.54, 1.807) is 7.11 Å². The van der Waals surface area contributed by atoms with Gasteiger partial charge in [0.15, 0.2) is 0 Å². The molecule has 0 aliphatic carbocycles. The fourth-order valence-electron chi connectivity index (χ4n) is 2.13. The molecular weight excluding hydrogens is 232 g/mol. The lowest BCUT2D eigenvalue weighted by molar-refractivity contribution is 0.187. The molecule has 0 unspecified atom stereocenters. The van der Waals surface area contributed by atoms with Gasteiger partial charge in [-0.2, -0.15) is 0 Å². The largest absolute Gasteiger partial charge is 0.495 e. The zero-order valence-corrected chi connectivity index (χ0v) is 10.7. The maximum atomic E-state index is 11.3. The number of carbonyl (C=O) groups excluding carboxylic acids is 1. The number of methoxy groups -OCH3 is 2. The number of nitrogens with one attached hydrogen (secondary N) is 1. The van der Waals surface area contributed by atoms with Gasteiger partial charge in [-0.15, -0.1) is 0 Å². The maximum Gasteiger partial charge on any atom is 0.411 e. The molecule has 1 aromatic carbocycles. The van der Waals surface area contributed by atoms with Gasteiger partial charge in [0, 0.05) is 18.8 Å². The second-order valence-electron chi connectivity index (χ2n) is 4.20. The first kappa shape index (κ1) is 12.5. The summed E-state index contributed by atoms with van der Waals surface area (Å²) in [6, 6.07) is 5.78. The highest BCUT2D eigenvalue weighted by Gasteiger charge is 2.15. The van der Waals surface area contributed by atoms with E-state index in [1.165, 1.54) is 20.0 Å². The standard InChI is InChI=1S/C13H18N2O3/c1-17-12-6-5-10(15-7-3-4-8-15)9-11(12)14-13(16)18-2/h5-6,9H,3-4,7-8H2,1-2H3,(H,14,16). The van der Waals surface area contributed by atoms with Crippen molar-refractivity contribution in [3.8, 4) is 5.75 Å². The van der Waals surface area contributed by atoms with Gasteiger partial charge in [0.1, 0.15) is 5.75 Å². The van der Waals surface area contributed by atoms with Crippen LogP contribution in [-0.2, 0) is 4.74 Å². The minimum atomic E-state index is -0.494. The third kappa shape index (κ3) is 2.67. The molecule has 1 saturated heterocycles. The Bertz CT molecular complexity index is 428. The molecule has 18 heavy (non-hydrogen) atoms. The van der Waals surface area contributed by atoms with Crippen LogP contribution in [0.5, 0.6) is 5.75 Å². The van der Waals surface area contributed by atoms with Gasteiger partial charge in [-0.3, -0.25) is 5.32 Å². The van der Waals surface area contributed by atoms with Crippen LogP contribution in [-0.4, -0.2) is 33.4 Å². The predicted molar refractivity (Wildman–Crippen MR) is 70.5 cm³/mol. The lowest BCUT2D eigenvalue weighted by Crippen LogP contribution is -2.18. The van der Waals surface area contributed by atoms with Crippen LogP contribution in [0.15, 0.2) is 18.2 Å². The molecule has 1 heterocycles. The highest BCUT2D eigenvalue weighted by molar-refractivity contribution is 5.87. The van der Waals surface area contributed by atoms with Crippen LogP contribution >= 0.6 is 0 Å². The third-order valence-electron chi connectivity index (χ3n) is 3.08. The summed E-state index contributed by atoms with van der Waals surface area (Å²) in [5.41, 5.74) is 1.73. The van der Waals surface area contributed by atoms with E-state index >= 15 is 0 Å². The lowest BCUT2D eigenvalue weighted by atomic mass is 10.2. The van der Waals surface area contributed by atoms with Gasteiger partial charge in [-0.25, -0.2) is 4.79 Å². The molecule has 0 spiro atoms. The Hall–Kier alpha value is -1.91. The van der Waals surface area contributed by atoms with Crippen LogP contribution in [0.1, 0.15) is 12.8 Å². The van der Waals surface area contributed by atoms with Crippen molar-refractivity contribution in [1.82, 2.24) is 0 Å². The normalized spacial score (nSPS) is 14.4. The molecular formula is C13H18N2O3. The average Bonchev–Trinajstić information content (AvgIpc) is 2.92. The van der Waals surface area contributed by atoms with E-state index in [0.717, 1.165) is 18.8 Å². The SMILES string of the molecule is COC(=O)Nc1cc(N2CCCC2)ccc1OC. The highest BCUT2D eigenvalue weighted by Crippen LogP contribution is 2.31. The van der Waals surface area contributed by atoms with Gasteiger partial charge in [0.2, 0.25) is 0 Å². The van der Waals surface area contributed by atoms with Gasteiger partial charge in [-0.05, 0) is 31.0 Å². The van der Waals surface area contributed by atoms with E-state index < -0.39 is 6.09 Å². The van der Waals surface area contributed by atoms with Crippen molar-refractivity contribution in [1.29, 1.82) is 0 Å². The summed E-state index contributed by atoms with van der Waals surface area (Å²) in [6.07, 6.45) is 1.93. The van der Waals surface area contributed by atoms with E-state index in [2.05, 4.69) is 15.0 Å². The highest BCUT2D eigenvalue weighted by atomic mass is 16.5. The zero-order chi connectivity index (χ0) is 13.0. The van der Waals surface area contributed by atoms with Crippen molar-refractivity contribution < 1.29 is 14.3 Å². The number of rotatable bonds is 3. The third-order valence-corrected chi connectivity index (χ3v) is 3.08. The second-order valence-corrected chi connectivity index (χ2v) is 4.20. The molecule has 0 aromatic heterocycles. The van der Waals surface area contributed by atoms with E-state index in [-0.39, 0.29) is 0 Å². The number of ether oxygens (including phenoxy) is 2. The molecule has 1 N–H and O–H groups in total. The van der Waals surface area contributed by atoms with Crippen LogP contribution in [0.4, 0.5) is 16.2 Å². The summed E-state index contributed by atoms with van der Waals surface area (Å²) in [5.74, 6) is 0.628. The quantitative estimate of drug-likeness (QED) is 0.895. The zero-order valence-electron chi connectivity index (χ0n) is 10.7. The number of anilines is 2. The number of amides is 1. The summed E-state index contributed by atoms with van der Waals surface area (Å²) in [4.78, 5) is 13.6. The van der Waals surface area contributed by atoms with Crippen molar-refractivity contribution in [2.24, 2.45) is 0 Å². The van der Waals surface area contributed by atoms with Gasteiger partial charge < -0.3 is 14.4 Å². The van der Waals surface area contributed by atoms with Gasteiger partial charge in [-0.1, -0.05) is 0 Å². The predicted octanol–water partition coefficient (Wildman–Crippen LogP) is 2.47. The molecule has 1 amide bonds. The Morgan fingerprint density at radius 3 is 2.61 bits per heavy atom. The molecule has 1 fully saturated rings. The maximum absolute atomic E-state index is 11.3. The number of hydrogen-bond acceptors (Lipinski definition) is 4. The van der Waals surface area contributed by atoms with E-state index in [1.807, 2.05) is 18.2 Å². The van der Waals surface area contributed by atoms with E-state index in [9.17, 15) is 4.79 Å². The van der Waals surface area contributed by atoms with Crippen LogP contribution in [0, 0.1) is 0 Å². The lowest BCUT2D eigenvalue weighted by Gasteiger charge is -2.19. The van der Waals surface area contributed by atoms with Gasteiger partial charge in [0.25, 0.3) is 0 Å². The van der Waals surface area contributed by atoms with Crippen LogP contribution in [0.2, 0.25) is 0 Å². The summed E-state index contributed by atoms with van der Waals surface area (Å²) in [7, 11) is 2.92. The summed E-state index contributed by atoms with van der Waals surface area (Å²) in [5, 5.41) is 2.66. The Balaban J connectivity index is 2.23. The van der Waals surface area contributed by atoms with Crippen molar-refractivity contribution in [2.45, 2.75) is 12.8 Å². The summed E-state index contributed by atoms with van der Waals surface area (Å²) in [6.45, 7) is 2.12.